The molecule has 1 fully saturated rings. The highest BCUT2D eigenvalue weighted by Gasteiger charge is 2.37. The van der Waals surface area contributed by atoms with Crippen molar-refractivity contribution in [2.45, 2.75) is 44.2 Å². The number of aromatic nitrogens is 5. The van der Waals surface area contributed by atoms with Gasteiger partial charge in [-0.3, -0.25) is 13.9 Å². The van der Waals surface area contributed by atoms with Crippen LogP contribution >= 0.6 is 0 Å². The molecule has 0 bridgehead atoms. The lowest BCUT2D eigenvalue weighted by molar-refractivity contribution is -0.140. The summed E-state index contributed by atoms with van der Waals surface area (Å²) in [7, 11) is 1.82. The minimum Gasteiger partial charge on any atom is -0.367 e. The summed E-state index contributed by atoms with van der Waals surface area (Å²) in [5, 5.41) is 9.36. The Morgan fingerprint density at radius 2 is 1.76 bits per heavy atom. The number of hydrogen-bond donors (Lipinski definition) is 2. The van der Waals surface area contributed by atoms with Gasteiger partial charge in [-0.25, -0.2) is 18.3 Å². The first kappa shape index (κ1) is 25.9. The second-order valence-corrected chi connectivity index (χ2v) is 7.11. The number of alkyl halides is 6. The number of anilines is 2. The zero-order valence-electron chi connectivity index (χ0n) is 17.8. The first-order valence-corrected chi connectivity index (χ1v) is 9.74. The van der Waals surface area contributed by atoms with E-state index in [9.17, 15) is 31.1 Å². The standard InChI is InChI=1S/C12H10F3N7O.C6H10F2.CH3F/c1-21-5-7(9(19-21)12(13,14)15)18-10(23)8-3-2-6-4-17-11(16)20-22(6)8;7-6(8)4-2-1-3-5-6;1-2/h2-5H,1H3,(H2,16,20)(H,18,23);1-5H2;1H3. The van der Waals surface area contributed by atoms with Crippen molar-refractivity contribution in [2.24, 2.45) is 7.05 Å². The third-order valence-corrected chi connectivity index (χ3v) is 4.58. The zero-order valence-corrected chi connectivity index (χ0v) is 17.8. The molecule has 4 rings (SSSR count). The predicted octanol–water partition coefficient (Wildman–Crippen LogP) is 4.49. The number of carbonyl (C=O) groups is 1. The van der Waals surface area contributed by atoms with Gasteiger partial charge in [0.05, 0.1) is 24.6 Å². The highest BCUT2D eigenvalue weighted by atomic mass is 19.4. The molecule has 0 aromatic carbocycles. The second kappa shape index (κ2) is 10.5. The second-order valence-electron chi connectivity index (χ2n) is 7.11. The largest absolute Gasteiger partial charge is 0.437 e. The van der Waals surface area contributed by atoms with Gasteiger partial charge in [0.25, 0.3) is 5.91 Å². The van der Waals surface area contributed by atoms with Gasteiger partial charge in [-0.15, -0.1) is 5.10 Å². The normalized spacial score (nSPS) is 15.2. The van der Waals surface area contributed by atoms with Gasteiger partial charge in [-0.2, -0.15) is 18.3 Å². The van der Waals surface area contributed by atoms with E-state index in [0.29, 0.717) is 25.5 Å². The number of amides is 1. The molecule has 3 heterocycles. The molecule has 3 aromatic heterocycles. The number of fused-ring (bicyclic) bond motifs is 1. The molecule has 0 unspecified atom stereocenters. The van der Waals surface area contributed by atoms with E-state index >= 15 is 0 Å². The van der Waals surface area contributed by atoms with Crippen LogP contribution in [0.1, 0.15) is 48.3 Å². The van der Waals surface area contributed by atoms with Gasteiger partial charge >= 0.3 is 6.18 Å². The fraction of sp³-hybridized carbons (Fsp3) is 0.474. The SMILES string of the molecule is CF.Cn1cc(NC(=O)c2ccc3cnc(N)nn23)c(C(F)(F)F)n1.FC1(F)CCCCC1. The Morgan fingerprint density at radius 3 is 2.30 bits per heavy atom. The summed E-state index contributed by atoms with van der Waals surface area (Å²) >= 11 is 0. The number of aryl methyl sites for hydroxylation is 1. The van der Waals surface area contributed by atoms with Crippen LogP contribution in [0.5, 0.6) is 0 Å². The van der Waals surface area contributed by atoms with Crippen molar-refractivity contribution in [3.63, 3.8) is 0 Å². The maximum absolute atomic E-state index is 12.9. The van der Waals surface area contributed by atoms with Crippen LogP contribution in [-0.4, -0.2) is 43.4 Å². The topological polar surface area (TPSA) is 103 Å². The lowest BCUT2D eigenvalue weighted by Crippen LogP contribution is -2.18. The maximum Gasteiger partial charge on any atom is 0.437 e. The van der Waals surface area contributed by atoms with E-state index in [1.54, 1.807) is 6.07 Å². The van der Waals surface area contributed by atoms with E-state index < -0.39 is 29.4 Å². The average molecular weight is 479 g/mol. The average Bonchev–Trinajstić information content (AvgIpc) is 3.32. The minimum absolute atomic E-state index is 0.0195. The van der Waals surface area contributed by atoms with E-state index in [1.807, 2.05) is 0 Å². The van der Waals surface area contributed by atoms with Crippen molar-refractivity contribution >= 4 is 23.1 Å². The molecule has 0 saturated heterocycles. The fourth-order valence-corrected chi connectivity index (χ4v) is 3.13. The van der Waals surface area contributed by atoms with Crippen LogP contribution in [0.4, 0.5) is 38.0 Å². The van der Waals surface area contributed by atoms with Gasteiger partial charge in [0, 0.05) is 26.1 Å². The molecule has 0 aliphatic heterocycles. The Kier molecular flexibility index (Phi) is 8.28. The molecular formula is C19H23F6N7O. The monoisotopic (exact) mass is 479 g/mol. The summed E-state index contributed by atoms with van der Waals surface area (Å²) < 4.78 is 74.7. The molecule has 1 amide bonds. The van der Waals surface area contributed by atoms with Crippen LogP contribution in [0.3, 0.4) is 0 Å². The molecule has 3 aromatic rings. The third kappa shape index (κ3) is 6.83. The predicted molar refractivity (Wildman–Crippen MR) is 109 cm³/mol. The highest BCUT2D eigenvalue weighted by molar-refractivity contribution is 6.04. The highest BCUT2D eigenvalue weighted by Crippen LogP contribution is 2.34. The molecule has 1 aliphatic carbocycles. The molecule has 3 N–H and O–H groups in total. The van der Waals surface area contributed by atoms with Crippen LogP contribution in [0.25, 0.3) is 5.52 Å². The molecule has 1 aliphatic rings. The molecule has 0 spiro atoms. The number of hydrogen-bond acceptors (Lipinski definition) is 5. The molecule has 33 heavy (non-hydrogen) atoms. The van der Waals surface area contributed by atoms with Crippen molar-refractivity contribution in [1.29, 1.82) is 0 Å². The van der Waals surface area contributed by atoms with E-state index in [0.717, 1.165) is 17.3 Å². The van der Waals surface area contributed by atoms with E-state index in [1.165, 1.54) is 23.8 Å². The van der Waals surface area contributed by atoms with Gasteiger partial charge < -0.3 is 11.1 Å². The van der Waals surface area contributed by atoms with E-state index in [-0.39, 0.29) is 24.5 Å². The Balaban J connectivity index is 0.000000323. The van der Waals surface area contributed by atoms with Crippen molar-refractivity contribution in [1.82, 2.24) is 24.4 Å². The number of carbonyl (C=O) groups excluding carboxylic acids is 1. The summed E-state index contributed by atoms with van der Waals surface area (Å²) in [4.78, 5) is 16.0. The van der Waals surface area contributed by atoms with Gasteiger partial charge in [0.1, 0.15) is 5.69 Å². The number of rotatable bonds is 2. The first-order chi connectivity index (χ1) is 15.5. The maximum atomic E-state index is 12.9. The van der Waals surface area contributed by atoms with Crippen LogP contribution in [-0.2, 0) is 13.2 Å². The summed E-state index contributed by atoms with van der Waals surface area (Å²) in [5.41, 5.74) is 4.33. The fourth-order valence-electron chi connectivity index (χ4n) is 3.13. The number of nitrogens with one attached hydrogen (secondary N) is 1. The Bertz CT molecular complexity index is 1070. The van der Waals surface area contributed by atoms with Crippen molar-refractivity contribution < 1.29 is 31.1 Å². The molecular weight excluding hydrogens is 456 g/mol. The van der Waals surface area contributed by atoms with Crippen LogP contribution < -0.4 is 11.1 Å². The zero-order chi connectivity index (χ0) is 24.8. The Hall–Kier alpha value is -3.32. The number of nitrogens with two attached hydrogens (primary N) is 1. The number of halogens is 6. The van der Waals surface area contributed by atoms with E-state index in [2.05, 4.69) is 20.5 Å². The molecule has 0 atom stereocenters. The molecule has 14 heteroatoms. The van der Waals surface area contributed by atoms with Gasteiger partial charge in [-0.05, 0) is 25.0 Å². The first-order valence-electron chi connectivity index (χ1n) is 9.74. The summed E-state index contributed by atoms with van der Waals surface area (Å²) in [6, 6.07) is 2.95. The molecule has 8 nitrogen and oxygen atoms in total. The summed E-state index contributed by atoms with van der Waals surface area (Å²) in [5.74, 6) is -3.17. The van der Waals surface area contributed by atoms with E-state index in [4.69, 9.17) is 5.73 Å². The lowest BCUT2D eigenvalue weighted by atomic mass is 9.97. The van der Waals surface area contributed by atoms with Crippen molar-refractivity contribution in [2.75, 3.05) is 18.2 Å². The van der Waals surface area contributed by atoms with Crippen LogP contribution in [0, 0.1) is 0 Å². The Morgan fingerprint density at radius 1 is 1.12 bits per heavy atom. The van der Waals surface area contributed by atoms with Crippen LogP contribution in [0.2, 0.25) is 0 Å². The summed E-state index contributed by atoms with van der Waals surface area (Å²) in [6.45, 7) is 0. The number of nitrogen functional groups attached to an aromatic ring is 1. The van der Waals surface area contributed by atoms with Gasteiger partial charge in [0.15, 0.2) is 5.69 Å². The molecule has 0 radical (unpaired) electrons. The quantitative estimate of drug-likeness (QED) is 0.528. The van der Waals surface area contributed by atoms with Crippen molar-refractivity contribution in [3.8, 4) is 0 Å². The number of nitrogens with zero attached hydrogens (tertiary/aromatic N) is 5. The molecule has 182 valence electrons. The van der Waals surface area contributed by atoms with Crippen LogP contribution in [0.15, 0.2) is 24.5 Å². The third-order valence-electron chi connectivity index (χ3n) is 4.58. The minimum atomic E-state index is -4.68. The van der Waals surface area contributed by atoms with Crippen molar-refractivity contribution in [3.05, 3.63) is 35.9 Å². The van der Waals surface area contributed by atoms with Gasteiger partial charge in [-0.1, -0.05) is 6.42 Å². The van der Waals surface area contributed by atoms with Gasteiger partial charge in [0.2, 0.25) is 11.9 Å². The Labute approximate surface area is 184 Å². The smallest absolute Gasteiger partial charge is 0.367 e. The lowest BCUT2D eigenvalue weighted by Gasteiger charge is -2.20. The summed E-state index contributed by atoms with van der Waals surface area (Å²) in [6.07, 6.45) is 0.442. The molecule has 1 saturated carbocycles.